The van der Waals surface area contributed by atoms with Crippen molar-refractivity contribution in [3.05, 3.63) is 30.3 Å². The number of nitrogens with zero attached hydrogens (tertiary/aromatic N) is 1. The first-order chi connectivity index (χ1) is 12.6. The monoisotopic (exact) mass is 511 g/mol. The zero-order valence-electron chi connectivity index (χ0n) is 15.7. The molecule has 1 aliphatic heterocycles. The Hall–Kier alpha value is -0.910. The van der Waals surface area contributed by atoms with Crippen LogP contribution in [0.15, 0.2) is 40.2 Å². The number of aliphatic imine (C=N–C) groups is 1. The molecule has 27 heavy (non-hydrogen) atoms. The molecule has 1 heterocycles. The average molecular weight is 511 g/mol. The largest absolute Gasteiger partial charge is 0.379 e. The van der Waals surface area contributed by atoms with Crippen LogP contribution in [0.5, 0.6) is 0 Å². The van der Waals surface area contributed by atoms with Crippen molar-refractivity contribution in [2.75, 3.05) is 45.2 Å². The molecule has 1 aromatic rings. The Labute approximate surface area is 179 Å². The Balaban J connectivity index is 0.00000364. The summed E-state index contributed by atoms with van der Waals surface area (Å²) in [7, 11) is -3.29. The van der Waals surface area contributed by atoms with Crippen LogP contribution >= 0.6 is 24.0 Å². The molecule has 0 bridgehead atoms. The molecule has 2 rings (SSSR count). The van der Waals surface area contributed by atoms with Crippen molar-refractivity contribution in [3.63, 3.8) is 0 Å². The molecular weight excluding hydrogens is 481 g/mol. The molecule has 1 saturated heterocycles. The third-order valence-electron chi connectivity index (χ3n) is 3.92. The van der Waals surface area contributed by atoms with E-state index >= 15 is 0 Å². The number of benzene rings is 1. The van der Waals surface area contributed by atoms with E-state index in [1.54, 1.807) is 30.3 Å². The lowest BCUT2D eigenvalue weighted by molar-refractivity contribution is 0.0424. The van der Waals surface area contributed by atoms with Crippen molar-refractivity contribution < 1.29 is 17.9 Å². The van der Waals surface area contributed by atoms with Gasteiger partial charge < -0.3 is 20.1 Å². The van der Waals surface area contributed by atoms with Crippen LogP contribution in [0.25, 0.3) is 0 Å². The van der Waals surface area contributed by atoms with Gasteiger partial charge in [-0.05, 0) is 31.9 Å². The second kappa shape index (κ2) is 13.3. The summed E-state index contributed by atoms with van der Waals surface area (Å²) in [6.45, 7) is 5.73. The van der Waals surface area contributed by atoms with Crippen LogP contribution in [-0.2, 0) is 19.3 Å². The van der Waals surface area contributed by atoms with Gasteiger partial charge in [0.05, 0.1) is 23.4 Å². The van der Waals surface area contributed by atoms with E-state index in [2.05, 4.69) is 15.6 Å². The van der Waals surface area contributed by atoms with E-state index in [0.717, 1.165) is 19.4 Å². The lowest BCUT2D eigenvalue weighted by Crippen LogP contribution is -2.39. The lowest BCUT2D eigenvalue weighted by atomic mass is 10.3. The average Bonchev–Trinajstić information content (AvgIpc) is 3.15. The number of nitrogens with one attached hydrogen (secondary N) is 2. The van der Waals surface area contributed by atoms with Crippen molar-refractivity contribution in [1.82, 2.24) is 10.6 Å². The van der Waals surface area contributed by atoms with Gasteiger partial charge >= 0.3 is 0 Å². The highest BCUT2D eigenvalue weighted by molar-refractivity contribution is 14.0. The van der Waals surface area contributed by atoms with Crippen LogP contribution in [-0.4, -0.2) is 65.7 Å². The van der Waals surface area contributed by atoms with Crippen LogP contribution in [0.2, 0.25) is 0 Å². The van der Waals surface area contributed by atoms with Gasteiger partial charge in [0.2, 0.25) is 0 Å². The molecule has 0 aliphatic carbocycles. The minimum Gasteiger partial charge on any atom is -0.379 e. The van der Waals surface area contributed by atoms with Gasteiger partial charge in [-0.3, -0.25) is 4.99 Å². The van der Waals surface area contributed by atoms with E-state index in [1.165, 1.54) is 0 Å². The maximum absolute atomic E-state index is 12.3. The first-order valence-electron chi connectivity index (χ1n) is 9.11. The molecule has 1 atom stereocenters. The summed E-state index contributed by atoms with van der Waals surface area (Å²) in [6, 6.07) is 8.49. The van der Waals surface area contributed by atoms with Gasteiger partial charge in [-0.15, -0.1) is 24.0 Å². The fraction of sp³-hybridized carbons (Fsp3) is 0.611. The topological polar surface area (TPSA) is 89.0 Å². The third-order valence-corrected chi connectivity index (χ3v) is 5.66. The van der Waals surface area contributed by atoms with Gasteiger partial charge in [-0.1, -0.05) is 18.2 Å². The standard InChI is InChI=1S/C18H29N3O4S.HI/c1-2-19-18(20-10-6-12-25-16-9-13-24-15-16)21-11-14-26(22,23)17-7-4-3-5-8-17;/h3-5,7-8,16H,2,6,9-15H2,1H3,(H2,19,20,21);1H. The minimum absolute atomic E-state index is 0. The second-order valence-corrected chi connectivity index (χ2v) is 8.14. The Bertz CT molecular complexity index is 650. The van der Waals surface area contributed by atoms with Gasteiger partial charge in [0.1, 0.15) is 0 Å². The normalized spacial score (nSPS) is 17.4. The second-order valence-electron chi connectivity index (χ2n) is 6.03. The fourth-order valence-electron chi connectivity index (χ4n) is 2.54. The molecule has 0 saturated carbocycles. The molecule has 9 heteroatoms. The Morgan fingerprint density at radius 3 is 2.74 bits per heavy atom. The molecule has 7 nitrogen and oxygen atoms in total. The first-order valence-corrected chi connectivity index (χ1v) is 10.8. The van der Waals surface area contributed by atoms with E-state index in [-0.39, 0.29) is 35.8 Å². The first kappa shape index (κ1) is 24.1. The van der Waals surface area contributed by atoms with Crippen molar-refractivity contribution in [2.45, 2.75) is 30.8 Å². The van der Waals surface area contributed by atoms with Crippen LogP contribution in [0.1, 0.15) is 19.8 Å². The molecule has 1 unspecified atom stereocenters. The Morgan fingerprint density at radius 1 is 1.30 bits per heavy atom. The summed E-state index contributed by atoms with van der Waals surface area (Å²) in [5.74, 6) is 0.645. The van der Waals surface area contributed by atoms with Crippen LogP contribution in [0.3, 0.4) is 0 Å². The SMILES string of the molecule is CCNC(=NCCCOC1CCOC1)NCCS(=O)(=O)c1ccccc1.I. The quantitative estimate of drug-likeness (QED) is 0.216. The molecule has 2 N–H and O–H groups in total. The fourth-order valence-corrected chi connectivity index (χ4v) is 3.72. The van der Waals surface area contributed by atoms with Crippen molar-refractivity contribution in [3.8, 4) is 0 Å². The predicted molar refractivity (Wildman–Crippen MR) is 118 cm³/mol. The van der Waals surface area contributed by atoms with Crippen molar-refractivity contribution in [2.24, 2.45) is 4.99 Å². The summed E-state index contributed by atoms with van der Waals surface area (Å²) < 4.78 is 35.5. The molecule has 154 valence electrons. The Kier molecular flexibility index (Phi) is 11.9. The zero-order valence-corrected chi connectivity index (χ0v) is 18.9. The van der Waals surface area contributed by atoms with Crippen LogP contribution in [0, 0.1) is 0 Å². The highest BCUT2D eigenvalue weighted by Crippen LogP contribution is 2.09. The van der Waals surface area contributed by atoms with Gasteiger partial charge in [-0.2, -0.15) is 0 Å². The van der Waals surface area contributed by atoms with E-state index in [4.69, 9.17) is 9.47 Å². The van der Waals surface area contributed by atoms with Gasteiger partial charge in [0, 0.05) is 32.8 Å². The number of sulfone groups is 1. The smallest absolute Gasteiger partial charge is 0.191 e. The molecule has 0 radical (unpaired) electrons. The summed E-state index contributed by atoms with van der Waals surface area (Å²) in [5, 5.41) is 6.20. The lowest BCUT2D eigenvalue weighted by Gasteiger charge is -2.12. The maximum Gasteiger partial charge on any atom is 0.191 e. The molecule has 1 fully saturated rings. The number of rotatable bonds is 10. The zero-order chi connectivity index (χ0) is 18.7. The molecule has 0 aromatic heterocycles. The number of ether oxygens (including phenoxy) is 2. The third kappa shape index (κ3) is 9.22. The van der Waals surface area contributed by atoms with Crippen molar-refractivity contribution >= 4 is 39.8 Å². The van der Waals surface area contributed by atoms with Crippen LogP contribution in [0.4, 0.5) is 0 Å². The molecule has 0 amide bonds. The van der Waals surface area contributed by atoms with E-state index in [0.29, 0.717) is 43.7 Å². The molecule has 1 aliphatic rings. The number of guanidine groups is 1. The van der Waals surface area contributed by atoms with Gasteiger partial charge in [0.25, 0.3) is 0 Å². The van der Waals surface area contributed by atoms with Crippen LogP contribution < -0.4 is 10.6 Å². The highest BCUT2D eigenvalue weighted by atomic mass is 127. The molecular formula is C18H30IN3O4S. The number of hydrogen-bond donors (Lipinski definition) is 2. The summed E-state index contributed by atoms with van der Waals surface area (Å²) in [5.41, 5.74) is 0. The molecule has 1 aromatic carbocycles. The maximum atomic E-state index is 12.3. The van der Waals surface area contributed by atoms with Gasteiger partial charge in [0.15, 0.2) is 15.8 Å². The minimum atomic E-state index is -3.29. The molecule has 0 spiro atoms. The van der Waals surface area contributed by atoms with Crippen molar-refractivity contribution in [1.29, 1.82) is 0 Å². The van der Waals surface area contributed by atoms with Gasteiger partial charge in [-0.25, -0.2) is 8.42 Å². The summed E-state index contributed by atoms with van der Waals surface area (Å²) in [6.07, 6.45) is 1.99. The number of hydrogen-bond acceptors (Lipinski definition) is 5. The highest BCUT2D eigenvalue weighted by Gasteiger charge is 2.15. The van der Waals surface area contributed by atoms with E-state index in [9.17, 15) is 8.42 Å². The summed E-state index contributed by atoms with van der Waals surface area (Å²) >= 11 is 0. The Morgan fingerprint density at radius 2 is 2.07 bits per heavy atom. The predicted octanol–water partition coefficient (Wildman–Crippen LogP) is 1.83. The van der Waals surface area contributed by atoms with E-state index in [1.807, 2.05) is 6.92 Å². The van der Waals surface area contributed by atoms with E-state index < -0.39 is 9.84 Å². The number of halogens is 1. The summed E-state index contributed by atoms with van der Waals surface area (Å²) in [4.78, 5) is 4.80.